The van der Waals surface area contributed by atoms with Gasteiger partial charge in [-0.2, -0.15) is 0 Å². The van der Waals surface area contributed by atoms with Crippen molar-refractivity contribution in [2.24, 2.45) is 0 Å². The first-order chi connectivity index (χ1) is 10.0. The highest BCUT2D eigenvalue weighted by molar-refractivity contribution is 6.15. The molecule has 0 atom stereocenters. The lowest BCUT2D eigenvalue weighted by molar-refractivity contribution is 0.0523. The number of ether oxygens (including phenoxy) is 1. The first-order valence-corrected chi connectivity index (χ1v) is 6.37. The van der Waals surface area contributed by atoms with Crippen LogP contribution in [0.15, 0.2) is 42.5 Å². The van der Waals surface area contributed by atoms with Gasteiger partial charge in [0.05, 0.1) is 17.7 Å². The molecule has 0 saturated heterocycles. The molecule has 2 rings (SSSR count). The zero-order valence-electron chi connectivity index (χ0n) is 11.4. The van der Waals surface area contributed by atoms with E-state index in [4.69, 9.17) is 4.74 Å². The Morgan fingerprint density at radius 2 is 1.67 bits per heavy atom. The number of carbonyl (C=O) groups is 2. The quantitative estimate of drug-likeness (QED) is 0.666. The van der Waals surface area contributed by atoms with Gasteiger partial charge in [-0.25, -0.2) is 4.79 Å². The smallest absolute Gasteiger partial charge is 0.338 e. The first-order valence-electron chi connectivity index (χ1n) is 6.37. The second-order valence-electron chi connectivity index (χ2n) is 4.30. The molecule has 21 heavy (non-hydrogen) atoms. The molecule has 2 N–H and O–H groups in total. The van der Waals surface area contributed by atoms with Crippen molar-refractivity contribution in [1.82, 2.24) is 0 Å². The predicted octanol–water partition coefficient (Wildman–Crippen LogP) is 2.51. The minimum Gasteiger partial charge on any atom is -0.508 e. The average Bonchev–Trinajstić information content (AvgIpc) is 2.47. The van der Waals surface area contributed by atoms with E-state index < -0.39 is 11.8 Å². The number of ketones is 1. The molecule has 2 aromatic carbocycles. The SMILES string of the molecule is CCOC(=O)c1ccccc1C(=O)c1ccc(O)cc1O. The van der Waals surface area contributed by atoms with Gasteiger partial charge in [-0.05, 0) is 25.1 Å². The second kappa shape index (κ2) is 6.09. The minimum atomic E-state index is -0.597. The van der Waals surface area contributed by atoms with Crippen molar-refractivity contribution in [3.8, 4) is 11.5 Å². The van der Waals surface area contributed by atoms with Crippen LogP contribution in [-0.2, 0) is 4.74 Å². The Morgan fingerprint density at radius 1 is 1.00 bits per heavy atom. The lowest BCUT2D eigenvalue weighted by Crippen LogP contribution is -2.12. The number of rotatable bonds is 4. The van der Waals surface area contributed by atoms with E-state index in [1.807, 2.05) is 0 Å². The Bertz CT molecular complexity index is 691. The van der Waals surface area contributed by atoms with Crippen LogP contribution >= 0.6 is 0 Å². The standard InChI is InChI=1S/C16H14O5/c1-2-21-16(20)12-6-4-3-5-11(12)15(19)13-8-7-10(17)9-14(13)18/h3-9,17-18H,2H2,1H3. The molecule has 108 valence electrons. The molecule has 0 fully saturated rings. The van der Waals surface area contributed by atoms with Crippen LogP contribution in [0.25, 0.3) is 0 Å². The largest absolute Gasteiger partial charge is 0.508 e. The molecule has 5 heteroatoms. The van der Waals surface area contributed by atoms with Gasteiger partial charge < -0.3 is 14.9 Å². The molecule has 0 unspecified atom stereocenters. The van der Waals surface area contributed by atoms with Crippen LogP contribution in [0.3, 0.4) is 0 Å². The van der Waals surface area contributed by atoms with Crippen LogP contribution in [0.4, 0.5) is 0 Å². The summed E-state index contributed by atoms with van der Waals surface area (Å²) < 4.78 is 4.91. The zero-order valence-corrected chi connectivity index (χ0v) is 11.4. The Hall–Kier alpha value is -2.82. The maximum absolute atomic E-state index is 12.5. The van der Waals surface area contributed by atoms with E-state index in [1.54, 1.807) is 19.1 Å². The van der Waals surface area contributed by atoms with E-state index in [9.17, 15) is 19.8 Å². The highest BCUT2D eigenvalue weighted by Crippen LogP contribution is 2.26. The van der Waals surface area contributed by atoms with Gasteiger partial charge >= 0.3 is 5.97 Å². The normalized spacial score (nSPS) is 10.1. The van der Waals surface area contributed by atoms with Gasteiger partial charge in [0.1, 0.15) is 11.5 Å². The third kappa shape index (κ3) is 3.02. The molecule has 0 aliphatic carbocycles. The van der Waals surface area contributed by atoms with Crippen molar-refractivity contribution in [1.29, 1.82) is 0 Å². The van der Waals surface area contributed by atoms with Gasteiger partial charge in [0.2, 0.25) is 0 Å². The van der Waals surface area contributed by atoms with Crippen LogP contribution in [-0.4, -0.2) is 28.6 Å². The molecule has 0 saturated carbocycles. The second-order valence-corrected chi connectivity index (χ2v) is 4.30. The summed E-state index contributed by atoms with van der Waals surface area (Å²) >= 11 is 0. The summed E-state index contributed by atoms with van der Waals surface area (Å²) in [5.74, 6) is -1.61. The van der Waals surface area contributed by atoms with Gasteiger partial charge in [0, 0.05) is 11.6 Å². The third-order valence-corrected chi connectivity index (χ3v) is 2.89. The predicted molar refractivity (Wildman–Crippen MR) is 75.6 cm³/mol. The average molecular weight is 286 g/mol. The van der Waals surface area contributed by atoms with Crippen molar-refractivity contribution in [2.45, 2.75) is 6.92 Å². The maximum atomic E-state index is 12.5. The van der Waals surface area contributed by atoms with Gasteiger partial charge in [-0.3, -0.25) is 4.79 Å². The van der Waals surface area contributed by atoms with Crippen molar-refractivity contribution in [3.63, 3.8) is 0 Å². The van der Waals surface area contributed by atoms with E-state index in [2.05, 4.69) is 0 Å². The number of benzene rings is 2. The minimum absolute atomic E-state index is 0.00421. The summed E-state index contributed by atoms with van der Waals surface area (Å²) in [5.41, 5.74) is 0.276. The van der Waals surface area contributed by atoms with Crippen molar-refractivity contribution >= 4 is 11.8 Å². The maximum Gasteiger partial charge on any atom is 0.338 e. The van der Waals surface area contributed by atoms with Crippen molar-refractivity contribution < 1.29 is 24.5 Å². The summed E-state index contributed by atoms with van der Waals surface area (Å²) in [5, 5.41) is 19.0. The third-order valence-electron chi connectivity index (χ3n) is 2.89. The number of hydrogen-bond acceptors (Lipinski definition) is 5. The molecule has 2 aromatic rings. The Kier molecular flexibility index (Phi) is 4.23. The molecule has 0 bridgehead atoms. The van der Waals surface area contributed by atoms with E-state index in [1.165, 1.54) is 24.3 Å². The van der Waals surface area contributed by atoms with Crippen LogP contribution in [0.2, 0.25) is 0 Å². The number of esters is 1. The topological polar surface area (TPSA) is 83.8 Å². The summed E-state index contributed by atoms with van der Waals surface area (Å²) in [6.07, 6.45) is 0. The lowest BCUT2D eigenvalue weighted by atomic mass is 9.97. The highest BCUT2D eigenvalue weighted by atomic mass is 16.5. The summed E-state index contributed by atoms with van der Waals surface area (Å²) in [6, 6.07) is 9.88. The molecular formula is C16H14O5. The Labute approximate surface area is 121 Å². The molecule has 0 aromatic heterocycles. The van der Waals surface area contributed by atoms with E-state index in [0.717, 1.165) is 6.07 Å². The van der Waals surface area contributed by atoms with Crippen LogP contribution < -0.4 is 0 Å². The van der Waals surface area contributed by atoms with E-state index in [0.29, 0.717) is 0 Å². The number of phenols is 2. The van der Waals surface area contributed by atoms with Gasteiger partial charge in [0.25, 0.3) is 0 Å². The van der Waals surface area contributed by atoms with E-state index in [-0.39, 0.29) is 34.8 Å². The molecule has 5 nitrogen and oxygen atoms in total. The van der Waals surface area contributed by atoms with Crippen molar-refractivity contribution in [3.05, 3.63) is 59.2 Å². The van der Waals surface area contributed by atoms with Gasteiger partial charge in [-0.1, -0.05) is 18.2 Å². The molecule has 0 radical (unpaired) electrons. The molecule has 0 spiro atoms. The molecule has 0 aliphatic rings. The number of hydrogen-bond donors (Lipinski definition) is 2. The number of phenolic OH excluding ortho intramolecular Hbond substituents is 2. The van der Waals surface area contributed by atoms with Crippen LogP contribution in [0.5, 0.6) is 11.5 Å². The fourth-order valence-corrected chi connectivity index (χ4v) is 1.93. The number of carbonyl (C=O) groups excluding carboxylic acids is 2. The molecule has 0 aliphatic heterocycles. The lowest BCUT2D eigenvalue weighted by Gasteiger charge is -2.09. The Morgan fingerprint density at radius 3 is 2.29 bits per heavy atom. The van der Waals surface area contributed by atoms with Gasteiger partial charge in [0.15, 0.2) is 5.78 Å². The van der Waals surface area contributed by atoms with Crippen LogP contribution in [0, 0.1) is 0 Å². The monoisotopic (exact) mass is 286 g/mol. The summed E-state index contributed by atoms with van der Waals surface area (Å²) in [4.78, 5) is 24.3. The van der Waals surface area contributed by atoms with Crippen LogP contribution in [0.1, 0.15) is 33.2 Å². The first kappa shape index (κ1) is 14.6. The van der Waals surface area contributed by atoms with Crippen molar-refractivity contribution in [2.75, 3.05) is 6.61 Å². The fourth-order valence-electron chi connectivity index (χ4n) is 1.93. The molecule has 0 heterocycles. The summed E-state index contributed by atoms with van der Waals surface area (Å²) in [6.45, 7) is 1.87. The van der Waals surface area contributed by atoms with E-state index >= 15 is 0 Å². The fraction of sp³-hybridized carbons (Fsp3) is 0.125. The molecular weight excluding hydrogens is 272 g/mol. The summed E-state index contributed by atoms with van der Waals surface area (Å²) in [7, 11) is 0. The highest BCUT2D eigenvalue weighted by Gasteiger charge is 2.21. The number of aromatic hydroxyl groups is 2. The van der Waals surface area contributed by atoms with Gasteiger partial charge in [-0.15, -0.1) is 0 Å². The molecule has 0 amide bonds. The zero-order chi connectivity index (χ0) is 15.4. The Balaban J connectivity index is 2.46.